The third kappa shape index (κ3) is 3.50. The molecule has 2 atom stereocenters. The van der Waals surface area contributed by atoms with Crippen molar-refractivity contribution in [1.82, 2.24) is 14.9 Å². The van der Waals surface area contributed by atoms with Gasteiger partial charge in [0, 0.05) is 32.6 Å². The maximum Gasteiger partial charge on any atom is 0.317 e. The van der Waals surface area contributed by atoms with Crippen molar-refractivity contribution in [1.29, 1.82) is 0 Å². The van der Waals surface area contributed by atoms with Gasteiger partial charge in [-0.25, -0.2) is 9.37 Å². The lowest BCUT2D eigenvalue weighted by molar-refractivity contribution is -0.138. The van der Waals surface area contributed by atoms with E-state index in [1.165, 1.54) is 0 Å². The Morgan fingerprint density at radius 3 is 3.04 bits per heavy atom. The molecule has 2 bridgehead atoms. The SMILES string of the molecule is CNc1nc(N2C[C@@H]3COC[C@H](C2)N(CC(=O)O)C3)ncc1F. The number of nitrogens with zero attached hydrogens (tertiary/aromatic N) is 4. The number of rotatable bonds is 4. The highest BCUT2D eigenvalue weighted by molar-refractivity contribution is 5.69. The highest BCUT2D eigenvalue weighted by atomic mass is 19.1. The Morgan fingerprint density at radius 1 is 1.48 bits per heavy atom. The van der Waals surface area contributed by atoms with Crippen LogP contribution in [0.1, 0.15) is 0 Å². The fourth-order valence-electron chi connectivity index (χ4n) is 3.14. The third-order valence-corrected chi connectivity index (χ3v) is 4.17. The Balaban J connectivity index is 1.84. The van der Waals surface area contributed by atoms with E-state index in [0.717, 1.165) is 6.20 Å². The van der Waals surface area contributed by atoms with Gasteiger partial charge in [-0.1, -0.05) is 0 Å². The number of carboxylic acids is 1. The minimum Gasteiger partial charge on any atom is -0.480 e. The average Bonchev–Trinajstić information content (AvgIpc) is 2.77. The summed E-state index contributed by atoms with van der Waals surface area (Å²) in [5, 5.41) is 11.8. The molecule has 2 fully saturated rings. The molecule has 0 saturated carbocycles. The van der Waals surface area contributed by atoms with Gasteiger partial charge in [-0.05, 0) is 0 Å². The average molecular weight is 325 g/mol. The second-order valence-corrected chi connectivity index (χ2v) is 5.90. The number of carboxylic acid groups (broad SMARTS) is 1. The van der Waals surface area contributed by atoms with Crippen molar-refractivity contribution in [3.05, 3.63) is 12.0 Å². The van der Waals surface area contributed by atoms with Crippen LogP contribution in [0.3, 0.4) is 0 Å². The largest absolute Gasteiger partial charge is 0.480 e. The van der Waals surface area contributed by atoms with Crippen molar-refractivity contribution >= 4 is 17.7 Å². The molecule has 0 aromatic carbocycles. The molecule has 1 aromatic heterocycles. The van der Waals surface area contributed by atoms with Crippen molar-refractivity contribution in [3.63, 3.8) is 0 Å². The van der Waals surface area contributed by atoms with E-state index in [4.69, 9.17) is 9.84 Å². The van der Waals surface area contributed by atoms with Crippen LogP contribution in [0.2, 0.25) is 0 Å². The number of carbonyl (C=O) groups is 1. The topological polar surface area (TPSA) is 90.8 Å². The zero-order valence-corrected chi connectivity index (χ0v) is 12.9. The maximum absolute atomic E-state index is 13.6. The van der Waals surface area contributed by atoms with E-state index in [1.54, 1.807) is 7.05 Å². The number of nitrogens with one attached hydrogen (secondary N) is 1. The van der Waals surface area contributed by atoms with E-state index in [0.29, 0.717) is 38.8 Å². The summed E-state index contributed by atoms with van der Waals surface area (Å²) in [7, 11) is 1.61. The molecule has 0 spiro atoms. The van der Waals surface area contributed by atoms with Crippen LogP contribution < -0.4 is 10.2 Å². The Labute approximate surface area is 133 Å². The molecule has 0 aliphatic carbocycles. The van der Waals surface area contributed by atoms with Crippen molar-refractivity contribution < 1.29 is 19.0 Å². The van der Waals surface area contributed by atoms with Crippen molar-refractivity contribution in [2.45, 2.75) is 6.04 Å². The Bertz CT molecular complexity index is 588. The minimum atomic E-state index is -0.848. The van der Waals surface area contributed by atoms with Gasteiger partial charge in [0.2, 0.25) is 5.95 Å². The normalized spacial score (nSPS) is 25.0. The maximum atomic E-state index is 13.6. The van der Waals surface area contributed by atoms with Gasteiger partial charge in [-0.15, -0.1) is 0 Å². The van der Waals surface area contributed by atoms with Crippen molar-refractivity contribution in [3.8, 4) is 0 Å². The van der Waals surface area contributed by atoms with Crippen molar-refractivity contribution in [2.24, 2.45) is 5.92 Å². The lowest BCUT2D eigenvalue weighted by Gasteiger charge is -2.30. The van der Waals surface area contributed by atoms with Gasteiger partial charge in [-0.2, -0.15) is 4.98 Å². The summed E-state index contributed by atoms with van der Waals surface area (Å²) in [6.45, 7) is 2.90. The van der Waals surface area contributed by atoms with E-state index in [1.807, 2.05) is 9.80 Å². The summed E-state index contributed by atoms with van der Waals surface area (Å²) >= 11 is 0. The van der Waals surface area contributed by atoms with Gasteiger partial charge in [0.05, 0.1) is 32.0 Å². The predicted molar refractivity (Wildman–Crippen MR) is 81.1 cm³/mol. The van der Waals surface area contributed by atoms with Crippen LogP contribution in [-0.2, 0) is 9.53 Å². The number of aromatic nitrogens is 2. The first kappa shape index (κ1) is 15.9. The van der Waals surface area contributed by atoms with Gasteiger partial charge in [-0.3, -0.25) is 9.69 Å². The van der Waals surface area contributed by atoms with Crippen LogP contribution in [0.25, 0.3) is 0 Å². The minimum absolute atomic E-state index is 0.00952. The molecule has 3 heterocycles. The summed E-state index contributed by atoms with van der Waals surface area (Å²) in [6.07, 6.45) is 1.15. The zero-order chi connectivity index (χ0) is 16.4. The summed E-state index contributed by atoms with van der Waals surface area (Å²) in [4.78, 5) is 23.3. The van der Waals surface area contributed by atoms with Crippen molar-refractivity contribution in [2.75, 3.05) is 56.7 Å². The molecule has 2 saturated heterocycles. The molecule has 8 nitrogen and oxygen atoms in total. The highest BCUT2D eigenvalue weighted by Gasteiger charge is 2.35. The van der Waals surface area contributed by atoms with Gasteiger partial charge < -0.3 is 20.1 Å². The van der Waals surface area contributed by atoms with E-state index in [-0.39, 0.29) is 24.3 Å². The molecule has 2 aliphatic rings. The van der Waals surface area contributed by atoms with Gasteiger partial charge >= 0.3 is 5.97 Å². The number of fused-ring (bicyclic) bond motifs is 3. The molecule has 1 aromatic rings. The van der Waals surface area contributed by atoms with Gasteiger partial charge in [0.25, 0.3) is 0 Å². The van der Waals surface area contributed by atoms with Crippen LogP contribution in [-0.4, -0.2) is 78.4 Å². The molecule has 0 amide bonds. The predicted octanol–water partition coefficient (Wildman–Crippen LogP) is -0.121. The van der Waals surface area contributed by atoms with E-state index >= 15 is 0 Å². The Kier molecular flexibility index (Phi) is 4.58. The molecule has 23 heavy (non-hydrogen) atoms. The summed E-state index contributed by atoms with van der Waals surface area (Å²) in [5.41, 5.74) is 0. The molecule has 2 aliphatic heterocycles. The first-order valence-corrected chi connectivity index (χ1v) is 7.55. The molecular formula is C14H20FN5O3. The number of ether oxygens (including phenoxy) is 1. The number of hydrogen-bond donors (Lipinski definition) is 2. The van der Waals surface area contributed by atoms with E-state index in [2.05, 4.69) is 15.3 Å². The molecule has 0 radical (unpaired) electrons. The smallest absolute Gasteiger partial charge is 0.317 e. The zero-order valence-electron chi connectivity index (χ0n) is 12.9. The van der Waals surface area contributed by atoms with Crippen LogP contribution in [0, 0.1) is 11.7 Å². The molecule has 126 valence electrons. The van der Waals surface area contributed by atoms with E-state index < -0.39 is 11.8 Å². The molecular weight excluding hydrogens is 305 g/mol. The monoisotopic (exact) mass is 325 g/mol. The molecule has 9 heteroatoms. The van der Waals surface area contributed by atoms with E-state index in [9.17, 15) is 9.18 Å². The highest BCUT2D eigenvalue weighted by Crippen LogP contribution is 2.23. The number of anilines is 2. The second-order valence-electron chi connectivity index (χ2n) is 5.90. The fraction of sp³-hybridized carbons (Fsp3) is 0.643. The number of hydrogen-bond acceptors (Lipinski definition) is 7. The summed E-state index contributed by atoms with van der Waals surface area (Å²) < 4.78 is 19.2. The molecule has 3 rings (SSSR count). The van der Waals surface area contributed by atoms with Gasteiger partial charge in [0.15, 0.2) is 11.6 Å². The summed E-state index contributed by atoms with van der Waals surface area (Å²) in [6, 6.07) is -0.0507. The van der Waals surface area contributed by atoms with Gasteiger partial charge in [0.1, 0.15) is 0 Å². The first-order valence-electron chi connectivity index (χ1n) is 7.55. The van der Waals surface area contributed by atoms with Crippen LogP contribution in [0.15, 0.2) is 6.20 Å². The van der Waals surface area contributed by atoms with Crippen LogP contribution in [0.4, 0.5) is 16.2 Å². The number of halogens is 1. The first-order chi connectivity index (χ1) is 11.1. The van der Waals surface area contributed by atoms with Crippen LogP contribution >= 0.6 is 0 Å². The molecule has 2 N–H and O–H groups in total. The Morgan fingerprint density at radius 2 is 2.30 bits per heavy atom. The summed E-state index contributed by atoms with van der Waals surface area (Å²) in [5.74, 6) is -0.580. The standard InChI is InChI=1S/C14H20FN5O3/c1-16-13-11(15)2-17-14(18-13)20-4-9-3-19(6-12(21)22)10(5-20)8-23-7-9/h2,9-10H,3-8H2,1H3,(H,21,22)(H,16,17,18)/t9-,10+/m1/s1. The van der Waals surface area contributed by atoms with Crippen LogP contribution in [0.5, 0.6) is 0 Å². The fourth-order valence-corrected chi connectivity index (χ4v) is 3.14. The number of aliphatic carboxylic acids is 1. The quantitative estimate of drug-likeness (QED) is 0.792. The third-order valence-electron chi connectivity index (χ3n) is 4.17. The Hall–Kier alpha value is -2.00. The lowest BCUT2D eigenvalue weighted by Crippen LogP contribution is -2.46. The second kappa shape index (κ2) is 6.63. The molecule has 0 unspecified atom stereocenters. The lowest BCUT2D eigenvalue weighted by atomic mass is 10.1.